The lowest BCUT2D eigenvalue weighted by Gasteiger charge is -2.25. The minimum absolute atomic E-state index is 0.864. The van der Waals surface area contributed by atoms with E-state index in [4.69, 9.17) is 0 Å². The monoisotopic (exact) mass is 342 g/mol. The van der Waals surface area contributed by atoms with E-state index < -0.39 is 0 Å². The third kappa shape index (κ3) is 5.77. The lowest BCUT2D eigenvalue weighted by atomic mass is 10.2. The van der Waals surface area contributed by atoms with Crippen LogP contribution >= 0.6 is 15.9 Å². The first-order valence-electron chi connectivity index (χ1n) is 7.33. The van der Waals surface area contributed by atoms with Crippen LogP contribution in [0, 0.1) is 0 Å². The molecule has 0 saturated carbocycles. The van der Waals surface area contributed by atoms with Crippen molar-refractivity contribution in [2.45, 2.75) is 26.8 Å². The minimum atomic E-state index is 0.864. The topological polar surface area (TPSA) is 31.4 Å². The first kappa shape index (κ1) is 17.4. The number of aromatic nitrogens is 1. The van der Waals surface area contributed by atoms with E-state index in [0.717, 1.165) is 49.4 Å². The van der Waals surface area contributed by atoms with Gasteiger partial charge in [-0.25, -0.2) is 4.98 Å². The summed E-state index contributed by atoms with van der Waals surface area (Å²) in [5, 5.41) is 3.39. The summed E-state index contributed by atoms with van der Waals surface area (Å²) in [6, 6.07) is 2.17. The molecule has 20 heavy (non-hydrogen) atoms. The predicted molar refractivity (Wildman–Crippen MR) is 90.4 cm³/mol. The van der Waals surface area contributed by atoms with Crippen LogP contribution < -0.4 is 10.2 Å². The first-order chi connectivity index (χ1) is 9.58. The summed E-state index contributed by atoms with van der Waals surface area (Å²) in [4.78, 5) is 9.21. The molecular weight excluding hydrogens is 316 g/mol. The van der Waals surface area contributed by atoms with Gasteiger partial charge in [-0.2, -0.15) is 0 Å². The molecule has 0 aromatic carbocycles. The summed E-state index contributed by atoms with van der Waals surface area (Å²) in [5.41, 5.74) is 1.26. The highest BCUT2D eigenvalue weighted by Crippen LogP contribution is 2.21. The van der Waals surface area contributed by atoms with E-state index in [1.54, 1.807) is 0 Å². The number of hydrogen-bond acceptors (Lipinski definition) is 4. The van der Waals surface area contributed by atoms with Crippen LogP contribution in [0.4, 0.5) is 5.82 Å². The second-order valence-electron chi connectivity index (χ2n) is 5.15. The number of rotatable bonds is 9. The number of nitrogens with one attached hydrogen (secondary N) is 1. The van der Waals surface area contributed by atoms with Crippen molar-refractivity contribution in [1.29, 1.82) is 0 Å². The molecule has 0 radical (unpaired) electrons. The Kier molecular flexibility index (Phi) is 8.11. The summed E-state index contributed by atoms with van der Waals surface area (Å²) in [5.74, 6) is 1.11. The van der Waals surface area contributed by atoms with Crippen LogP contribution in [0.1, 0.15) is 25.8 Å². The van der Waals surface area contributed by atoms with Crippen molar-refractivity contribution in [2.75, 3.05) is 45.2 Å². The van der Waals surface area contributed by atoms with Gasteiger partial charge in [0.2, 0.25) is 0 Å². The van der Waals surface area contributed by atoms with Crippen LogP contribution in [0.25, 0.3) is 0 Å². The third-order valence-electron chi connectivity index (χ3n) is 3.19. The largest absolute Gasteiger partial charge is 0.357 e. The van der Waals surface area contributed by atoms with Gasteiger partial charge in [0.05, 0.1) is 0 Å². The van der Waals surface area contributed by atoms with Gasteiger partial charge in [-0.05, 0) is 62.5 Å². The number of hydrogen-bond donors (Lipinski definition) is 1. The number of pyridine rings is 1. The second kappa shape index (κ2) is 9.32. The molecule has 0 atom stereocenters. The number of nitrogens with zero attached hydrogens (tertiary/aromatic N) is 3. The Hall–Kier alpha value is -0.650. The fraction of sp³-hybridized carbons (Fsp3) is 0.667. The molecule has 1 N–H and O–H groups in total. The molecule has 0 aliphatic rings. The summed E-state index contributed by atoms with van der Waals surface area (Å²) >= 11 is 3.52. The minimum Gasteiger partial charge on any atom is -0.357 e. The standard InChI is InChI=1S/C15H27BrN4/c1-5-17-11-13-10-14(16)12-18-15(13)20(6-2)9-7-8-19(3)4/h10,12,17H,5-9,11H2,1-4H3. The molecule has 4 nitrogen and oxygen atoms in total. The molecule has 5 heteroatoms. The summed E-state index contributed by atoms with van der Waals surface area (Å²) in [7, 11) is 4.23. The van der Waals surface area contributed by atoms with Gasteiger partial charge in [0.25, 0.3) is 0 Å². The Morgan fingerprint density at radius 1 is 1.25 bits per heavy atom. The maximum absolute atomic E-state index is 4.63. The fourth-order valence-corrected chi connectivity index (χ4v) is 2.52. The van der Waals surface area contributed by atoms with Gasteiger partial charge >= 0.3 is 0 Å². The van der Waals surface area contributed by atoms with Gasteiger partial charge in [0.15, 0.2) is 0 Å². The molecule has 1 heterocycles. The van der Waals surface area contributed by atoms with Crippen molar-refractivity contribution < 1.29 is 0 Å². The maximum Gasteiger partial charge on any atom is 0.133 e. The van der Waals surface area contributed by atoms with Gasteiger partial charge in [-0.15, -0.1) is 0 Å². The lowest BCUT2D eigenvalue weighted by molar-refractivity contribution is 0.400. The van der Waals surface area contributed by atoms with Crippen LogP contribution in [0.5, 0.6) is 0 Å². The van der Waals surface area contributed by atoms with E-state index in [-0.39, 0.29) is 0 Å². The van der Waals surface area contributed by atoms with Gasteiger partial charge < -0.3 is 15.1 Å². The molecule has 1 aromatic heterocycles. The van der Waals surface area contributed by atoms with E-state index in [1.165, 1.54) is 5.56 Å². The van der Waals surface area contributed by atoms with Crippen molar-refractivity contribution in [1.82, 2.24) is 15.2 Å². The normalized spacial score (nSPS) is 11.1. The van der Waals surface area contributed by atoms with Crippen LogP contribution in [0.2, 0.25) is 0 Å². The first-order valence-corrected chi connectivity index (χ1v) is 8.12. The van der Waals surface area contributed by atoms with Gasteiger partial charge in [-0.3, -0.25) is 0 Å². The van der Waals surface area contributed by atoms with Crippen LogP contribution in [-0.4, -0.2) is 50.2 Å². The molecule has 0 fully saturated rings. The van der Waals surface area contributed by atoms with Gasteiger partial charge in [-0.1, -0.05) is 6.92 Å². The number of halogens is 1. The van der Waals surface area contributed by atoms with Crippen molar-refractivity contribution in [3.63, 3.8) is 0 Å². The van der Waals surface area contributed by atoms with Crippen molar-refractivity contribution >= 4 is 21.7 Å². The highest BCUT2D eigenvalue weighted by atomic mass is 79.9. The molecular formula is C15H27BrN4. The van der Waals surface area contributed by atoms with Crippen molar-refractivity contribution in [3.05, 3.63) is 22.3 Å². The van der Waals surface area contributed by atoms with E-state index in [1.807, 2.05) is 6.20 Å². The Morgan fingerprint density at radius 3 is 2.60 bits per heavy atom. The van der Waals surface area contributed by atoms with Gasteiger partial charge in [0.1, 0.15) is 5.82 Å². The van der Waals surface area contributed by atoms with Crippen LogP contribution in [0.3, 0.4) is 0 Å². The highest BCUT2D eigenvalue weighted by molar-refractivity contribution is 9.10. The van der Waals surface area contributed by atoms with Crippen LogP contribution in [0.15, 0.2) is 16.7 Å². The predicted octanol–water partition coefficient (Wildman–Crippen LogP) is 2.73. The summed E-state index contributed by atoms with van der Waals surface area (Å²) in [6.45, 7) is 9.29. The van der Waals surface area contributed by atoms with Crippen molar-refractivity contribution in [2.24, 2.45) is 0 Å². The molecule has 114 valence electrons. The summed E-state index contributed by atoms with van der Waals surface area (Å²) in [6.07, 6.45) is 3.04. The Labute approximate surface area is 131 Å². The second-order valence-corrected chi connectivity index (χ2v) is 6.07. The van der Waals surface area contributed by atoms with E-state index in [2.05, 4.69) is 70.0 Å². The molecule has 0 aliphatic heterocycles. The SMILES string of the molecule is CCNCc1cc(Br)cnc1N(CC)CCCN(C)C. The molecule has 1 rings (SSSR count). The quantitative estimate of drug-likeness (QED) is 0.747. The van der Waals surface area contributed by atoms with E-state index in [9.17, 15) is 0 Å². The molecule has 0 spiro atoms. The van der Waals surface area contributed by atoms with E-state index >= 15 is 0 Å². The summed E-state index contributed by atoms with van der Waals surface area (Å²) < 4.78 is 1.04. The molecule has 0 amide bonds. The lowest BCUT2D eigenvalue weighted by Crippen LogP contribution is -2.29. The molecule has 0 aliphatic carbocycles. The van der Waals surface area contributed by atoms with Crippen LogP contribution in [-0.2, 0) is 6.54 Å². The zero-order valence-corrected chi connectivity index (χ0v) is 14.7. The van der Waals surface area contributed by atoms with E-state index in [0.29, 0.717) is 0 Å². The average molecular weight is 343 g/mol. The molecule has 0 saturated heterocycles. The molecule has 1 aromatic rings. The molecule has 0 unspecified atom stereocenters. The third-order valence-corrected chi connectivity index (χ3v) is 3.62. The fourth-order valence-electron chi connectivity index (χ4n) is 2.14. The Morgan fingerprint density at radius 2 is 2.00 bits per heavy atom. The highest BCUT2D eigenvalue weighted by Gasteiger charge is 2.11. The average Bonchev–Trinajstić information content (AvgIpc) is 2.42. The van der Waals surface area contributed by atoms with Gasteiger partial charge in [0, 0.05) is 35.9 Å². The Bertz CT molecular complexity index is 395. The molecule has 0 bridgehead atoms. The zero-order valence-electron chi connectivity index (χ0n) is 13.1. The number of anilines is 1. The zero-order chi connectivity index (χ0) is 15.0. The maximum atomic E-state index is 4.63. The smallest absolute Gasteiger partial charge is 0.133 e. The Balaban J connectivity index is 2.78. The van der Waals surface area contributed by atoms with Crippen molar-refractivity contribution in [3.8, 4) is 0 Å².